The monoisotopic (exact) mass is 359 g/mol. The SMILES string of the molecule is Cc1cc2ncc(-c3cccc(NC4CCNC4)n3)n2cc1-c1cn[nH]c1. The highest BCUT2D eigenvalue weighted by molar-refractivity contribution is 5.70. The molecule has 0 spiro atoms. The van der Waals surface area contributed by atoms with Crippen molar-refractivity contribution >= 4 is 11.5 Å². The third-order valence-corrected chi connectivity index (χ3v) is 5.09. The van der Waals surface area contributed by atoms with Gasteiger partial charge in [-0.3, -0.25) is 9.50 Å². The van der Waals surface area contributed by atoms with Gasteiger partial charge < -0.3 is 10.6 Å². The number of fused-ring (bicyclic) bond motifs is 1. The van der Waals surface area contributed by atoms with Crippen LogP contribution in [0.3, 0.4) is 0 Å². The zero-order chi connectivity index (χ0) is 18.2. The van der Waals surface area contributed by atoms with Crippen LogP contribution < -0.4 is 10.6 Å². The molecule has 0 aromatic carbocycles. The van der Waals surface area contributed by atoms with Crippen molar-refractivity contribution in [1.82, 2.24) is 29.9 Å². The second kappa shape index (κ2) is 6.51. The second-order valence-electron chi connectivity index (χ2n) is 6.97. The maximum atomic E-state index is 4.83. The molecule has 1 unspecified atom stereocenters. The van der Waals surface area contributed by atoms with Gasteiger partial charge in [0.25, 0.3) is 0 Å². The minimum absolute atomic E-state index is 0.435. The molecule has 5 rings (SSSR count). The van der Waals surface area contributed by atoms with Gasteiger partial charge in [-0.1, -0.05) is 6.07 Å². The fourth-order valence-corrected chi connectivity index (χ4v) is 3.65. The largest absolute Gasteiger partial charge is 0.366 e. The van der Waals surface area contributed by atoms with E-state index in [0.29, 0.717) is 6.04 Å². The molecular formula is C20H21N7. The van der Waals surface area contributed by atoms with Gasteiger partial charge in [-0.05, 0) is 43.7 Å². The van der Waals surface area contributed by atoms with Gasteiger partial charge in [0, 0.05) is 36.1 Å². The first-order valence-electron chi connectivity index (χ1n) is 9.19. The van der Waals surface area contributed by atoms with E-state index in [1.54, 1.807) is 0 Å². The Morgan fingerprint density at radius 3 is 3.04 bits per heavy atom. The Kier molecular flexibility index (Phi) is 3.86. The molecule has 1 saturated heterocycles. The molecule has 0 radical (unpaired) electrons. The lowest BCUT2D eigenvalue weighted by Gasteiger charge is -2.13. The average molecular weight is 359 g/mol. The summed E-state index contributed by atoms with van der Waals surface area (Å²) in [4.78, 5) is 9.41. The predicted octanol–water partition coefficient (Wildman–Crippen LogP) is 2.87. The van der Waals surface area contributed by atoms with E-state index in [4.69, 9.17) is 4.98 Å². The molecule has 0 aliphatic carbocycles. The predicted molar refractivity (Wildman–Crippen MR) is 106 cm³/mol. The van der Waals surface area contributed by atoms with Crippen LogP contribution in [0.1, 0.15) is 12.0 Å². The average Bonchev–Trinajstić information content (AvgIpc) is 3.43. The molecule has 0 amide bonds. The third kappa shape index (κ3) is 2.96. The van der Waals surface area contributed by atoms with E-state index >= 15 is 0 Å². The van der Waals surface area contributed by atoms with Crippen molar-refractivity contribution in [2.45, 2.75) is 19.4 Å². The van der Waals surface area contributed by atoms with E-state index in [9.17, 15) is 0 Å². The first-order valence-corrected chi connectivity index (χ1v) is 9.19. The molecule has 0 bridgehead atoms. The van der Waals surface area contributed by atoms with Gasteiger partial charge in [0.05, 0.1) is 23.8 Å². The number of hydrogen-bond acceptors (Lipinski definition) is 5. The number of aromatic amines is 1. The second-order valence-corrected chi connectivity index (χ2v) is 6.97. The van der Waals surface area contributed by atoms with Gasteiger partial charge in [-0.15, -0.1) is 0 Å². The number of aromatic nitrogens is 5. The van der Waals surface area contributed by atoms with Crippen LogP contribution in [0.4, 0.5) is 5.82 Å². The number of nitrogens with one attached hydrogen (secondary N) is 3. The van der Waals surface area contributed by atoms with Crippen LogP contribution in [-0.4, -0.2) is 43.7 Å². The number of pyridine rings is 2. The molecule has 5 heterocycles. The van der Waals surface area contributed by atoms with Crippen molar-refractivity contribution in [3.8, 4) is 22.5 Å². The Labute approximate surface area is 156 Å². The summed E-state index contributed by atoms with van der Waals surface area (Å²) >= 11 is 0. The number of rotatable bonds is 4. The van der Waals surface area contributed by atoms with Gasteiger partial charge in [0.1, 0.15) is 11.5 Å². The van der Waals surface area contributed by atoms with E-state index in [1.165, 1.54) is 0 Å². The Balaban J connectivity index is 1.56. The lowest BCUT2D eigenvalue weighted by atomic mass is 10.1. The van der Waals surface area contributed by atoms with E-state index in [-0.39, 0.29) is 0 Å². The van der Waals surface area contributed by atoms with Gasteiger partial charge in [0.15, 0.2) is 0 Å². The van der Waals surface area contributed by atoms with Crippen molar-refractivity contribution < 1.29 is 0 Å². The normalized spacial score (nSPS) is 16.9. The van der Waals surface area contributed by atoms with Crippen LogP contribution in [-0.2, 0) is 0 Å². The van der Waals surface area contributed by atoms with Crippen LogP contribution in [0.2, 0.25) is 0 Å². The zero-order valence-electron chi connectivity index (χ0n) is 15.1. The minimum atomic E-state index is 0.435. The maximum absolute atomic E-state index is 4.83. The molecule has 1 aliphatic heterocycles. The highest BCUT2D eigenvalue weighted by atomic mass is 15.1. The van der Waals surface area contributed by atoms with Crippen LogP contribution >= 0.6 is 0 Å². The van der Waals surface area contributed by atoms with Crippen molar-refractivity contribution in [3.05, 3.63) is 54.6 Å². The van der Waals surface area contributed by atoms with Gasteiger partial charge in [-0.25, -0.2) is 9.97 Å². The van der Waals surface area contributed by atoms with Crippen LogP contribution in [0.25, 0.3) is 28.2 Å². The summed E-state index contributed by atoms with van der Waals surface area (Å²) in [5.41, 5.74) is 6.14. The highest BCUT2D eigenvalue weighted by Gasteiger charge is 2.16. The molecule has 1 fully saturated rings. The Morgan fingerprint density at radius 1 is 1.26 bits per heavy atom. The van der Waals surface area contributed by atoms with Gasteiger partial charge in [-0.2, -0.15) is 5.10 Å². The summed E-state index contributed by atoms with van der Waals surface area (Å²) in [6.07, 6.45) is 8.86. The van der Waals surface area contributed by atoms with E-state index in [1.807, 2.05) is 36.8 Å². The third-order valence-electron chi connectivity index (χ3n) is 5.09. The highest BCUT2D eigenvalue weighted by Crippen LogP contribution is 2.27. The lowest BCUT2D eigenvalue weighted by Crippen LogP contribution is -2.22. The lowest BCUT2D eigenvalue weighted by molar-refractivity contribution is 0.788. The van der Waals surface area contributed by atoms with E-state index in [2.05, 4.69) is 49.4 Å². The zero-order valence-corrected chi connectivity index (χ0v) is 15.1. The number of aryl methyl sites for hydroxylation is 1. The molecule has 7 heteroatoms. The van der Waals surface area contributed by atoms with Gasteiger partial charge >= 0.3 is 0 Å². The summed E-state index contributed by atoms with van der Waals surface area (Å²) in [6, 6.07) is 8.62. The summed E-state index contributed by atoms with van der Waals surface area (Å²) in [5, 5.41) is 13.8. The van der Waals surface area contributed by atoms with Crippen LogP contribution in [0, 0.1) is 6.92 Å². The molecule has 3 N–H and O–H groups in total. The van der Waals surface area contributed by atoms with Gasteiger partial charge in [0.2, 0.25) is 0 Å². The molecule has 1 aliphatic rings. The summed E-state index contributed by atoms with van der Waals surface area (Å²) in [6.45, 7) is 4.13. The van der Waals surface area contributed by atoms with E-state index in [0.717, 1.165) is 59.1 Å². The first-order chi connectivity index (χ1) is 13.3. The quantitative estimate of drug-likeness (QED) is 0.522. The Bertz CT molecular complexity index is 1080. The molecule has 4 aromatic rings. The van der Waals surface area contributed by atoms with Crippen molar-refractivity contribution in [2.24, 2.45) is 0 Å². The van der Waals surface area contributed by atoms with Crippen molar-refractivity contribution in [1.29, 1.82) is 0 Å². The summed E-state index contributed by atoms with van der Waals surface area (Å²) in [5.74, 6) is 0.901. The number of H-pyrrole nitrogens is 1. The standard InChI is InChI=1S/C20H21N7/c1-13-7-20-22-11-18(27(20)12-16(13)14-8-23-24-9-14)17-3-2-4-19(26-17)25-15-5-6-21-10-15/h2-4,7-9,11-12,15,21H,5-6,10H2,1H3,(H,23,24)(H,25,26). The minimum Gasteiger partial charge on any atom is -0.366 e. The van der Waals surface area contributed by atoms with Crippen molar-refractivity contribution in [2.75, 3.05) is 18.4 Å². The smallest absolute Gasteiger partial charge is 0.137 e. The summed E-state index contributed by atoms with van der Waals surface area (Å²) in [7, 11) is 0. The number of hydrogen-bond donors (Lipinski definition) is 3. The topological polar surface area (TPSA) is 82.9 Å². The molecule has 7 nitrogen and oxygen atoms in total. The first kappa shape index (κ1) is 16.0. The molecule has 136 valence electrons. The van der Waals surface area contributed by atoms with Crippen LogP contribution in [0.15, 0.2) is 49.1 Å². The molecule has 0 saturated carbocycles. The molecule has 27 heavy (non-hydrogen) atoms. The molecular weight excluding hydrogens is 338 g/mol. The maximum Gasteiger partial charge on any atom is 0.137 e. The number of imidazole rings is 1. The van der Waals surface area contributed by atoms with Crippen LogP contribution in [0.5, 0.6) is 0 Å². The fraction of sp³-hybridized carbons (Fsp3) is 0.250. The number of nitrogens with zero attached hydrogens (tertiary/aromatic N) is 4. The molecule has 4 aromatic heterocycles. The number of anilines is 1. The fourth-order valence-electron chi connectivity index (χ4n) is 3.65. The Hall–Kier alpha value is -3.19. The Morgan fingerprint density at radius 2 is 2.22 bits per heavy atom. The summed E-state index contributed by atoms with van der Waals surface area (Å²) < 4.78 is 2.10. The van der Waals surface area contributed by atoms with Crippen molar-refractivity contribution in [3.63, 3.8) is 0 Å². The van der Waals surface area contributed by atoms with E-state index < -0.39 is 0 Å². The molecule has 1 atom stereocenters.